The van der Waals surface area contributed by atoms with Gasteiger partial charge in [-0.3, -0.25) is 9.59 Å². The molecule has 1 N–H and O–H groups in total. The molecular formula is C21H25NO3. The molecule has 0 aliphatic heterocycles. The van der Waals surface area contributed by atoms with Crippen molar-refractivity contribution in [3.05, 3.63) is 71.3 Å². The van der Waals surface area contributed by atoms with Gasteiger partial charge in [0.2, 0.25) is 5.91 Å². The van der Waals surface area contributed by atoms with Crippen LogP contribution in [0.4, 0.5) is 0 Å². The minimum Gasteiger partial charge on any atom is -0.466 e. The van der Waals surface area contributed by atoms with E-state index in [1.54, 1.807) is 6.92 Å². The molecule has 25 heavy (non-hydrogen) atoms. The summed E-state index contributed by atoms with van der Waals surface area (Å²) in [4.78, 5) is 24.4. The molecular weight excluding hydrogens is 314 g/mol. The van der Waals surface area contributed by atoms with E-state index in [2.05, 4.69) is 5.32 Å². The molecule has 2 aromatic rings. The number of esters is 1. The van der Waals surface area contributed by atoms with Crippen molar-refractivity contribution in [1.29, 1.82) is 0 Å². The first-order chi connectivity index (χ1) is 12.1. The number of hydrogen-bond donors (Lipinski definition) is 1. The van der Waals surface area contributed by atoms with Gasteiger partial charge in [-0.05, 0) is 31.4 Å². The van der Waals surface area contributed by atoms with Crippen molar-refractivity contribution in [2.24, 2.45) is 5.92 Å². The molecule has 0 aromatic heterocycles. The molecule has 0 fully saturated rings. The van der Waals surface area contributed by atoms with Crippen molar-refractivity contribution >= 4 is 11.9 Å². The van der Waals surface area contributed by atoms with E-state index < -0.39 is 0 Å². The van der Waals surface area contributed by atoms with E-state index in [9.17, 15) is 9.59 Å². The number of nitrogens with one attached hydrogen (secondary N) is 1. The van der Waals surface area contributed by atoms with Crippen LogP contribution < -0.4 is 5.32 Å². The van der Waals surface area contributed by atoms with E-state index in [-0.39, 0.29) is 24.3 Å². The molecule has 4 heteroatoms. The molecule has 0 aliphatic carbocycles. The number of ether oxygens (including phenoxy) is 1. The summed E-state index contributed by atoms with van der Waals surface area (Å²) < 4.78 is 5.15. The molecule has 2 aromatic carbocycles. The summed E-state index contributed by atoms with van der Waals surface area (Å²) in [7, 11) is 0. The Hall–Kier alpha value is -2.62. The van der Waals surface area contributed by atoms with Gasteiger partial charge in [-0.1, -0.05) is 60.2 Å². The average Bonchev–Trinajstić information content (AvgIpc) is 2.59. The third kappa shape index (κ3) is 6.42. The van der Waals surface area contributed by atoms with Gasteiger partial charge in [0.25, 0.3) is 0 Å². The van der Waals surface area contributed by atoms with Gasteiger partial charge >= 0.3 is 5.97 Å². The molecule has 132 valence electrons. The van der Waals surface area contributed by atoms with Gasteiger partial charge in [0.1, 0.15) is 0 Å². The molecule has 0 saturated carbocycles. The second-order valence-corrected chi connectivity index (χ2v) is 6.11. The van der Waals surface area contributed by atoms with Crippen LogP contribution >= 0.6 is 0 Å². The summed E-state index contributed by atoms with van der Waals surface area (Å²) in [5, 5.41) is 2.87. The van der Waals surface area contributed by atoms with E-state index >= 15 is 0 Å². The molecule has 2 rings (SSSR count). The monoisotopic (exact) mass is 339 g/mol. The summed E-state index contributed by atoms with van der Waals surface area (Å²) >= 11 is 0. The van der Waals surface area contributed by atoms with Crippen LogP contribution in [-0.2, 0) is 27.2 Å². The lowest BCUT2D eigenvalue weighted by Gasteiger charge is -2.16. The van der Waals surface area contributed by atoms with Gasteiger partial charge in [-0.15, -0.1) is 0 Å². The number of carbonyl (C=O) groups is 2. The quantitative estimate of drug-likeness (QED) is 0.752. The molecule has 1 unspecified atom stereocenters. The largest absolute Gasteiger partial charge is 0.466 e. The highest BCUT2D eigenvalue weighted by Crippen LogP contribution is 2.11. The zero-order valence-corrected chi connectivity index (χ0v) is 14.8. The Balaban J connectivity index is 1.94. The summed E-state index contributed by atoms with van der Waals surface area (Å²) in [6.07, 6.45) is 0.854. The molecule has 0 heterocycles. The minimum absolute atomic E-state index is 0.0899. The second kappa shape index (κ2) is 9.62. The van der Waals surface area contributed by atoms with Gasteiger partial charge in [0, 0.05) is 6.54 Å². The van der Waals surface area contributed by atoms with E-state index in [1.165, 1.54) is 0 Å². The molecule has 0 bridgehead atoms. The zero-order valence-electron chi connectivity index (χ0n) is 14.8. The summed E-state index contributed by atoms with van der Waals surface area (Å²) in [6.45, 7) is 4.39. The van der Waals surface area contributed by atoms with Gasteiger partial charge in [0.05, 0.1) is 18.9 Å². The predicted octanol–water partition coefficient (Wildman–Crippen LogP) is 3.08. The molecule has 1 atom stereocenters. The van der Waals surface area contributed by atoms with Gasteiger partial charge in [-0.25, -0.2) is 0 Å². The van der Waals surface area contributed by atoms with Gasteiger partial charge < -0.3 is 10.1 Å². The van der Waals surface area contributed by atoms with Crippen LogP contribution in [-0.4, -0.2) is 25.0 Å². The number of amides is 1. The van der Waals surface area contributed by atoms with Crippen molar-refractivity contribution in [2.75, 3.05) is 13.2 Å². The highest BCUT2D eigenvalue weighted by Gasteiger charge is 2.21. The van der Waals surface area contributed by atoms with E-state index in [1.807, 2.05) is 61.5 Å². The Labute approximate surface area is 149 Å². The van der Waals surface area contributed by atoms with E-state index in [0.29, 0.717) is 19.4 Å². The minimum atomic E-state index is -0.385. The van der Waals surface area contributed by atoms with Crippen molar-refractivity contribution in [3.8, 4) is 0 Å². The third-order valence-corrected chi connectivity index (χ3v) is 3.94. The van der Waals surface area contributed by atoms with Gasteiger partial charge in [0.15, 0.2) is 0 Å². The topological polar surface area (TPSA) is 55.4 Å². The van der Waals surface area contributed by atoms with E-state index in [0.717, 1.165) is 16.7 Å². The first-order valence-electron chi connectivity index (χ1n) is 8.61. The highest BCUT2D eigenvalue weighted by molar-refractivity contribution is 5.80. The normalized spacial score (nSPS) is 11.6. The van der Waals surface area contributed by atoms with Crippen LogP contribution in [0, 0.1) is 12.8 Å². The summed E-state index contributed by atoms with van der Waals surface area (Å²) in [5.41, 5.74) is 3.14. The number of carbonyl (C=O) groups excluding carboxylic acids is 2. The third-order valence-electron chi connectivity index (χ3n) is 3.94. The number of rotatable bonds is 8. The fourth-order valence-electron chi connectivity index (χ4n) is 2.70. The SMILES string of the molecule is CCOC(=O)C(CNC(=O)Cc1cccc(C)c1)Cc1ccccc1. The van der Waals surface area contributed by atoms with Crippen LogP contribution in [0.2, 0.25) is 0 Å². The number of benzene rings is 2. The van der Waals surface area contributed by atoms with Crippen LogP contribution in [0.5, 0.6) is 0 Å². The molecule has 0 saturated heterocycles. The zero-order chi connectivity index (χ0) is 18.1. The molecule has 4 nitrogen and oxygen atoms in total. The average molecular weight is 339 g/mol. The molecule has 0 aliphatic rings. The fourth-order valence-corrected chi connectivity index (χ4v) is 2.70. The Morgan fingerprint density at radius 2 is 1.76 bits per heavy atom. The first-order valence-corrected chi connectivity index (χ1v) is 8.61. The van der Waals surface area contributed by atoms with Crippen molar-refractivity contribution < 1.29 is 14.3 Å². The lowest BCUT2D eigenvalue weighted by molar-refractivity contribution is -0.147. The van der Waals surface area contributed by atoms with Crippen molar-refractivity contribution in [2.45, 2.75) is 26.7 Å². The summed E-state index contributed by atoms with van der Waals surface area (Å²) in [5.74, 6) is -0.751. The molecule has 0 spiro atoms. The highest BCUT2D eigenvalue weighted by atomic mass is 16.5. The first kappa shape index (κ1) is 18.7. The molecule has 1 amide bonds. The Kier molecular flexibility index (Phi) is 7.20. The summed E-state index contributed by atoms with van der Waals surface area (Å²) in [6, 6.07) is 17.6. The van der Waals surface area contributed by atoms with Crippen LogP contribution in [0.1, 0.15) is 23.6 Å². The second-order valence-electron chi connectivity index (χ2n) is 6.11. The maximum atomic E-state index is 12.2. The van der Waals surface area contributed by atoms with Crippen LogP contribution in [0.25, 0.3) is 0 Å². The number of aryl methyl sites for hydroxylation is 1. The Morgan fingerprint density at radius 3 is 2.44 bits per heavy atom. The van der Waals surface area contributed by atoms with Crippen molar-refractivity contribution in [1.82, 2.24) is 5.32 Å². The lowest BCUT2D eigenvalue weighted by Crippen LogP contribution is -2.35. The lowest BCUT2D eigenvalue weighted by atomic mass is 9.99. The standard InChI is InChI=1S/C21H25NO3/c1-3-25-21(24)19(13-17-9-5-4-6-10-17)15-22-20(23)14-18-11-7-8-16(2)12-18/h4-12,19H,3,13-15H2,1-2H3,(H,22,23). The Bertz CT molecular complexity index is 697. The number of hydrogen-bond acceptors (Lipinski definition) is 3. The predicted molar refractivity (Wildman–Crippen MR) is 98.2 cm³/mol. The van der Waals surface area contributed by atoms with Gasteiger partial charge in [-0.2, -0.15) is 0 Å². The van der Waals surface area contributed by atoms with Crippen LogP contribution in [0.3, 0.4) is 0 Å². The van der Waals surface area contributed by atoms with Crippen LogP contribution in [0.15, 0.2) is 54.6 Å². The fraction of sp³-hybridized carbons (Fsp3) is 0.333. The van der Waals surface area contributed by atoms with E-state index in [4.69, 9.17) is 4.74 Å². The maximum Gasteiger partial charge on any atom is 0.311 e. The molecule has 0 radical (unpaired) electrons. The maximum absolute atomic E-state index is 12.2. The Morgan fingerprint density at radius 1 is 1.04 bits per heavy atom. The smallest absolute Gasteiger partial charge is 0.311 e. The van der Waals surface area contributed by atoms with Crippen molar-refractivity contribution in [3.63, 3.8) is 0 Å².